The van der Waals surface area contributed by atoms with Crippen molar-refractivity contribution in [3.8, 4) is 5.75 Å². The molecule has 7 nitrogen and oxygen atoms in total. The average molecular weight is 545 g/mol. The van der Waals surface area contributed by atoms with Crippen molar-refractivity contribution in [2.75, 3.05) is 24.6 Å². The van der Waals surface area contributed by atoms with Gasteiger partial charge in [0, 0.05) is 29.2 Å². The van der Waals surface area contributed by atoms with Crippen molar-refractivity contribution in [2.24, 2.45) is 0 Å². The molecule has 2 aromatic carbocycles. The quantitative estimate of drug-likeness (QED) is 0.147. The summed E-state index contributed by atoms with van der Waals surface area (Å²) >= 11 is 0. The first-order chi connectivity index (χ1) is 18.7. The highest BCUT2D eigenvalue weighted by molar-refractivity contribution is 6.12. The van der Waals surface area contributed by atoms with E-state index in [0.29, 0.717) is 55.5 Å². The minimum atomic E-state index is -4.67. The molecule has 0 saturated carbocycles. The number of hydrogen-bond donors (Lipinski definition) is 0. The van der Waals surface area contributed by atoms with E-state index in [1.165, 1.54) is 21.9 Å². The number of benzene rings is 2. The van der Waals surface area contributed by atoms with Crippen LogP contribution in [0, 0.1) is 0 Å². The molecule has 39 heavy (non-hydrogen) atoms. The molecule has 3 aromatic rings. The molecule has 1 fully saturated rings. The van der Waals surface area contributed by atoms with E-state index in [1.54, 1.807) is 12.1 Å². The Morgan fingerprint density at radius 3 is 2.38 bits per heavy atom. The molecule has 0 unspecified atom stereocenters. The maximum atomic E-state index is 13.5. The fourth-order valence-electron chi connectivity index (χ4n) is 4.78. The Labute approximate surface area is 224 Å². The van der Waals surface area contributed by atoms with Crippen LogP contribution in [-0.2, 0) is 17.4 Å². The van der Waals surface area contributed by atoms with Crippen molar-refractivity contribution in [3.05, 3.63) is 70.1 Å². The van der Waals surface area contributed by atoms with Crippen LogP contribution in [0.2, 0.25) is 0 Å². The lowest BCUT2D eigenvalue weighted by molar-refractivity contribution is -0.136. The molecule has 0 bridgehead atoms. The van der Waals surface area contributed by atoms with Crippen LogP contribution in [0.15, 0.2) is 57.7 Å². The fraction of sp³-hybridized carbons (Fsp3) is 0.414. The number of anilines is 1. The van der Waals surface area contributed by atoms with E-state index >= 15 is 0 Å². The number of unbranched alkanes of at least 4 members (excludes halogenated alkanes) is 4. The molecular weight excluding hydrogens is 513 g/mol. The van der Waals surface area contributed by atoms with Gasteiger partial charge in [0.2, 0.25) is 0 Å². The first kappa shape index (κ1) is 28.2. The van der Waals surface area contributed by atoms with Gasteiger partial charge in [0.1, 0.15) is 17.9 Å². The summed E-state index contributed by atoms with van der Waals surface area (Å²) in [5, 5.41) is -0.153. The summed E-state index contributed by atoms with van der Waals surface area (Å²) in [6.45, 7) is 2.67. The first-order valence-corrected chi connectivity index (χ1v) is 13.2. The number of nitrogens with zero attached hydrogens (tertiary/aromatic N) is 2. The fourth-order valence-corrected chi connectivity index (χ4v) is 4.78. The molecular formula is C29H31F3N2O5. The molecule has 4 rings (SSSR count). The van der Waals surface area contributed by atoms with Crippen molar-refractivity contribution in [1.29, 1.82) is 0 Å². The molecule has 1 aromatic heterocycles. The number of imide groups is 1. The van der Waals surface area contributed by atoms with Crippen LogP contribution in [0.1, 0.15) is 56.6 Å². The molecule has 0 radical (unpaired) electrons. The van der Waals surface area contributed by atoms with Gasteiger partial charge in [0.15, 0.2) is 0 Å². The van der Waals surface area contributed by atoms with E-state index in [1.807, 2.05) is 25.1 Å². The predicted octanol–water partition coefficient (Wildman–Crippen LogP) is 6.56. The minimum absolute atomic E-state index is 0.0515. The Morgan fingerprint density at radius 2 is 1.67 bits per heavy atom. The molecule has 1 aliphatic rings. The number of urea groups is 1. The van der Waals surface area contributed by atoms with Crippen LogP contribution in [-0.4, -0.2) is 36.5 Å². The van der Waals surface area contributed by atoms with Gasteiger partial charge >= 0.3 is 17.8 Å². The Bertz CT molecular complexity index is 1370. The molecule has 208 valence electrons. The van der Waals surface area contributed by atoms with Gasteiger partial charge in [0.25, 0.3) is 5.91 Å². The van der Waals surface area contributed by atoms with E-state index in [4.69, 9.17) is 9.15 Å². The lowest BCUT2D eigenvalue weighted by Crippen LogP contribution is -2.33. The number of alkyl halides is 3. The van der Waals surface area contributed by atoms with Crippen molar-refractivity contribution in [3.63, 3.8) is 0 Å². The second kappa shape index (κ2) is 12.4. The van der Waals surface area contributed by atoms with Gasteiger partial charge in [-0.3, -0.25) is 14.6 Å². The Hall–Kier alpha value is -3.82. The summed E-state index contributed by atoms with van der Waals surface area (Å²) in [5.74, 6) is 0.217. The first-order valence-electron chi connectivity index (χ1n) is 13.2. The number of halogens is 3. The number of aryl methyl sites for hydroxylation is 1. The molecule has 0 aliphatic carbocycles. The van der Waals surface area contributed by atoms with E-state index in [-0.39, 0.29) is 29.5 Å². The van der Waals surface area contributed by atoms with Crippen LogP contribution in [0.25, 0.3) is 11.0 Å². The van der Waals surface area contributed by atoms with Crippen LogP contribution >= 0.6 is 0 Å². The van der Waals surface area contributed by atoms with Gasteiger partial charge in [-0.05, 0) is 43.5 Å². The van der Waals surface area contributed by atoms with Gasteiger partial charge in [-0.25, -0.2) is 9.59 Å². The lowest BCUT2D eigenvalue weighted by atomic mass is 10.0. The summed E-state index contributed by atoms with van der Waals surface area (Å²) in [6.07, 6.45) is 0.369. The van der Waals surface area contributed by atoms with Gasteiger partial charge in [0.05, 0.1) is 12.2 Å². The Morgan fingerprint density at radius 1 is 0.949 bits per heavy atom. The van der Waals surface area contributed by atoms with Gasteiger partial charge in [-0.1, -0.05) is 50.8 Å². The van der Waals surface area contributed by atoms with Crippen molar-refractivity contribution in [1.82, 2.24) is 4.90 Å². The van der Waals surface area contributed by atoms with Gasteiger partial charge in [-0.15, -0.1) is 0 Å². The minimum Gasteiger partial charge on any atom is -0.493 e. The number of carbonyl (C=O) groups excluding carboxylic acids is 2. The maximum Gasteiger partial charge on any atom is 0.417 e. The summed E-state index contributed by atoms with van der Waals surface area (Å²) in [7, 11) is 0. The number of rotatable bonds is 12. The third-order valence-corrected chi connectivity index (χ3v) is 6.69. The molecule has 1 saturated heterocycles. The summed E-state index contributed by atoms with van der Waals surface area (Å²) in [6, 6.07) is 12.1. The zero-order valence-corrected chi connectivity index (χ0v) is 21.8. The Balaban J connectivity index is 1.25. The molecule has 10 heteroatoms. The van der Waals surface area contributed by atoms with Gasteiger partial charge in [-0.2, -0.15) is 13.2 Å². The molecule has 0 N–H and O–H groups in total. The maximum absolute atomic E-state index is 13.5. The topological polar surface area (TPSA) is 80.1 Å². The summed E-state index contributed by atoms with van der Waals surface area (Å²) < 4.78 is 51.4. The van der Waals surface area contributed by atoms with Crippen LogP contribution in [0.5, 0.6) is 5.75 Å². The molecule has 0 spiro atoms. The predicted molar refractivity (Wildman–Crippen MR) is 141 cm³/mol. The third kappa shape index (κ3) is 6.61. The second-order valence-corrected chi connectivity index (χ2v) is 9.51. The van der Waals surface area contributed by atoms with Crippen LogP contribution in [0.4, 0.5) is 23.7 Å². The van der Waals surface area contributed by atoms with Crippen LogP contribution in [0.3, 0.4) is 0 Å². The number of hydrogen-bond acceptors (Lipinski definition) is 5. The standard InChI is InChI=1S/C29H31F3N2O5/c1-2-11-22-24(15-14-21-23(29(30,31)32)18-26(36)39-27(21)22)38-17-10-5-3-4-9-16-33-25(35)19-34(28(33)37)20-12-7-6-8-13-20/h6-8,12-15,18H,2-5,9-11,16-17,19H2,1H3. The molecule has 3 amide bonds. The third-order valence-electron chi connectivity index (χ3n) is 6.69. The highest BCUT2D eigenvalue weighted by Gasteiger charge is 2.36. The zero-order valence-electron chi connectivity index (χ0n) is 21.8. The highest BCUT2D eigenvalue weighted by Crippen LogP contribution is 2.37. The highest BCUT2D eigenvalue weighted by atomic mass is 19.4. The number of carbonyl (C=O) groups is 2. The summed E-state index contributed by atoms with van der Waals surface area (Å²) in [5.41, 5.74) is -0.972. The van der Waals surface area contributed by atoms with E-state index in [9.17, 15) is 27.6 Å². The lowest BCUT2D eigenvalue weighted by Gasteiger charge is -2.17. The van der Waals surface area contributed by atoms with Crippen molar-refractivity contribution >= 4 is 28.6 Å². The van der Waals surface area contributed by atoms with E-state index < -0.39 is 17.4 Å². The van der Waals surface area contributed by atoms with Gasteiger partial charge < -0.3 is 9.15 Å². The smallest absolute Gasteiger partial charge is 0.417 e. The average Bonchev–Trinajstić information content (AvgIpc) is 3.19. The monoisotopic (exact) mass is 544 g/mol. The second-order valence-electron chi connectivity index (χ2n) is 9.51. The van der Waals surface area contributed by atoms with E-state index in [0.717, 1.165) is 25.7 Å². The van der Waals surface area contributed by atoms with Crippen LogP contribution < -0.4 is 15.3 Å². The molecule has 0 atom stereocenters. The molecule has 1 aliphatic heterocycles. The SMILES string of the molecule is CCCc1c(OCCCCCCCN2C(=O)CN(c3ccccc3)C2=O)ccc2c(C(F)(F)F)cc(=O)oc12. The number of para-hydroxylation sites is 1. The molecule has 2 heterocycles. The van der Waals surface area contributed by atoms with Crippen molar-refractivity contribution in [2.45, 2.75) is 58.0 Å². The zero-order chi connectivity index (χ0) is 28.0. The number of amides is 3. The Kier molecular flexibility index (Phi) is 8.93. The normalized spacial score (nSPS) is 14.1. The summed E-state index contributed by atoms with van der Waals surface area (Å²) in [4.78, 5) is 39.6. The van der Waals surface area contributed by atoms with Crippen molar-refractivity contribution < 1.29 is 31.9 Å². The number of fused-ring (bicyclic) bond motifs is 1. The largest absolute Gasteiger partial charge is 0.493 e. The van der Waals surface area contributed by atoms with E-state index in [2.05, 4.69) is 0 Å². The number of ether oxygens (including phenoxy) is 1.